The second-order valence-corrected chi connectivity index (χ2v) is 6.37. The van der Waals surface area contributed by atoms with Crippen LogP contribution in [-0.4, -0.2) is 0 Å². The molecule has 0 saturated carbocycles. The molecule has 0 amide bonds. The predicted molar refractivity (Wildman–Crippen MR) is 103 cm³/mol. The van der Waals surface area contributed by atoms with Gasteiger partial charge in [-0.2, -0.15) is 0 Å². The molecule has 0 radical (unpaired) electrons. The van der Waals surface area contributed by atoms with E-state index in [-0.39, 0.29) is 6.04 Å². The van der Waals surface area contributed by atoms with Crippen molar-refractivity contribution in [2.45, 2.75) is 40.2 Å². The SMILES string of the molecule is CC1=CC(c2cccc3c2oc2c(C)cccc23)NC=C1.CCC. The first-order valence-electron chi connectivity index (χ1n) is 8.67. The fraction of sp³-hybridized carbons (Fsp3) is 0.273. The average Bonchev–Trinajstić information content (AvgIpc) is 2.96. The second kappa shape index (κ2) is 6.96. The highest BCUT2D eigenvalue weighted by molar-refractivity contribution is 6.06. The monoisotopic (exact) mass is 319 g/mol. The van der Waals surface area contributed by atoms with Crippen molar-refractivity contribution >= 4 is 21.9 Å². The van der Waals surface area contributed by atoms with Gasteiger partial charge in [-0.15, -0.1) is 0 Å². The van der Waals surface area contributed by atoms with Gasteiger partial charge < -0.3 is 9.73 Å². The predicted octanol–water partition coefficient (Wildman–Crippen LogP) is 6.42. The number of dihydropyridines is 1. The fourth-order valence-electron chi connectivity index (χ4n) is 3.06. The topological polar surface area (TPSA) is 25.2 Å². The Morgan fingerprint density at radius 3 is 2.33 bits per heavy atom. The first-order chi connectivity index (χ1) is 11.7. The van der Waals surface area contributed by atoms with E-state index in [1.807, 2.05) is 6.20 Å². The van der Waals surface area contributed by atoms with E-state index in [0.717, 1.165) is 11.2 Å². The van der Waals surface area contributed by atoms with Gasteiger partial charge in [-0.1, -0.05) is 68.3 Å². The number of nitrogens with one attached hydrogen (secondary N) is 1. The lowest BCUT2D eigenvalue weighted by Gasteiger charge is -2.18. The fourth-order valence-corrected chi connectivity index (χ4v) is 3.06. The maximum absolute atomic E-state index is 6.21. The summed E-state index contributed by atoms with van der Waals surface area (Å²) in [6.07, 6.45) is 7.57. The summed E-state index contributed by atoms with van der Waals surface area (Å²) in [7, 11) is 0. The van der Waals surface area contributed by atoms with Gasteiger partial charge in [-0.05, 0) is 31.7 Å². The highest BCUT2D eigenvalue weighted by Crippen LogP contribution is 2.35. The molecule has 1 unspecified atom stereocenters. The van der Waals surface area contributed by atoms with E-state index < -0.39 is 0 Å². The molecule has 2 heteroatoms. The number of furan rings is 1. The van der Waals surface area contributed by atoms with Crippen molar-refractivity contribution in [1.29, 1.82) is 0 Å². The third-order valence-corrected chi connectivity index (χ3v) is 4.14. The zero-order valence-electron chi connectivity index (χ0n) is 14.9. The Labute approximate surface area is 143 Å². The van der Waals surface area contributed by atoms with Crippen LogP contribution in [0.4, 0.5) is 0 Å². The van der Waals surface area contributed by atoms with Gasteiger partial charge in [0.05, 0.1) is 6.04 Å². The van der Waals surface area contributed by atoms with E-state index >= 15 is 0 Å². The van der Waals surface area contributed by atoms with Crippen molar-refractivity contribution < 1.29 is 4.42 Å². The first kappa shape index (κ1) is 16.4. The minimum Gasteiger partial charge on any atom is -0.455 e. The molecule has 2 heterocycles. The van der Waals surface area contributed by atoms with Crippen molar-refractivity contribution in [3.05, 3.63) is 71.5 Å². The highest BCUT2D eigenvalue weighted by Gasteiger charge is 2.17. The highest BCUT2D eigenvalue weighted by atomic mass is 16.3. The Hall–Kier alpha value is -2.48. The van der Waals surface area contributed by atoms with Crippen LogP contribution < -0.4 is 5.32 Å². The standard InChI is InChI=1S/C19H17NO.C3H8/c1-12-9-10-20-17(11-12)16-8-4-7-15-14-6-3-5-13(2)18(14)21-19(15)16;1-3-2/h3-11,17,20H,1-2H3;3H2,1-2H3. The van der Waals surface area contributed by atoms with E-state index in [9.17, 15) is 0 Å². The van der Waals surface area contributed by atoms with Crippen molar-refractivity contribution in [3.63, 3.8) is 0 Å². The van der Waals surface area contributed by atoms with Gasteiger partial charge in [0.1, 0.15) is 11.2 Å². The van der Waals surface area contributed by atoms with Crippen LogP contribution in [0.25, 0.3) is 21.9 Å². The van der Waals surface area contributed by atoms with Crippen LogP contribution in [-0.2, 0) is 0 Å². The van der Waals surface area contributed by atoms with Crippen LogP contribution >= 0.6 is 0 Å². The first-order valence-corrected chi connectivity index (χ1v) is 8.67. The Bertz CT molecular complexity index is 914. The molecule has 2 aromatic carbocycles. The smallest absolute Gasteiger partial charge is 0.141 e. The second-order valence-electron chi connectivity index (χ2n) is 6.37. The number of fused-ring (bicyclic) bond motifs is 3. The Morgan fingerprint density at radius 1 is 0.958 bits per heavy atom. The number of hydrogen-bond donors (Lipinski definition) is 1. The minimum atomic E-state index is 0.166. The summed E-state index contributed by atoms with van der Waals surface area (Å²) in [4.78, 5) is 0. The molecule has 4 rings (SSSR count). The summed E-state index contributed by atoms with van der Waals surface area (Å²) in [6.45, 7) is 8.46. The molecule has 0 fully saturated rings. The van der Waals surface area contributed by atoms with Gasteiger partial charge in [0.15, 0.2) is 0 Å². The van der Waals surface area contributed by atoms with Gasteiger partial charge >= 0.3 is 0 Å². The van der Waals surface area contributed by atoms with E-state index in [2.05, 4.69) is 81.6 Å². The molecule has 1 aliphatic heterocycles. The molecular formula is C22H25NO. The molecule has 1 aromatic heterocycles. The maximum atomic E-state index is 6.21. The molecule has 1 N–H and O–H groups in total. The van der Waals surface area contributed by atoms with E-state index in [1.54, 1.807) is 0 Å². The van der Waals surface area contributed by atoms with Gasteiger partial charge in [0.2, 0.25) is 0 Å². The van der Waals surface area contributed by atoms with Crippen molar-refractivity contribution in [2.24, 2.45) is 0 Å². The normalized spacial score (nSPS) is 16.5. The number of aryl methyl sites for hydroxylation is 1. The lowest BCUT2D eigenvalue weighted by molar-refractivity contribution is 0.645. The summed E-state index contributed by atoms with van der Waals surface area (Å²) < 4.78 is 6.21. The van der Waals surface area contributed by atoms with Crippen LogP contribution in [0.3, 0.4) is 0 Å². The molecule has 2 nitrogen and oxygen atoms in total. The summed E-state index contributed by atoms with van der Waals surface area (Å²) in [5, 5.41) is 5.78. The third-order valence-electron chi connectivity index (χ3n) is 4.14. The quantitative estimate of drug-likeness (QED) is 0.560. The summed E-state index contributed by atoms with van der Waals surface area (Å²) in [5.74, 6) is 0. The van der Waals surface area contributed by atoms with Crippen molar-refractivity contribution in [1.82, 2.24) is 5.32 Å². The molecule has 0 saturated heterocycles. The number of rotatable bonds is 1. The van der Waals surface area contributed by atoms with Gasteiger partial charge in [0, 0.05) is 16.3 Å². The zero-order valence-corrected chi connectivity index (χ0v) is 14.9. The number of allylic oxidation sites excluding steroid dienone is 2. The van der Waals surface area contributed by atoms with Crippen LogP contribution in [0.1, 0.15) is 44.4 Å². The summed E-state index contributed by atoms with van der Waals surface area (Å²) in [6, 6.07) is 12.9. The Kier molecular flexibility index (Phi) is 4.75. The molecule has 0 spiro atoms. The van der Waals surface area contributed by atoms with Crippen LogP contribution in [0.5, 0.6) is 0 Å². The van der Waals surface area contributed by atoms with Crippen LogP contribution in [0, 0.1) is 6.92 Å². The molecule has 0 bridgehead atoms. The lowest BCUT2D eigenvalue weighted by atomic mass is 9.99. The van der Waals surface area contributed by atoms with E-state index in [4.69, 9.17) is 4.42 Å². The van der Waals surface area contributed by atoms with Crippen molar-refractivity contribution in [3.8, 4) is 0 Å². The molecular weight excluding hydrogens is 294 g/mol. The minimum absolute atomic E-state index is 0.166. The van der Waals surface area contributed by atoms with Crippen molar-refractivity contribution in [2.75, 3.05) is 0 Å². The van der Waals surface area contributed by atoms with E-state index in [0.29, 0.717) is 0 Å². The lowest BCUT2D eigenvalue weighted by Crippen LogP contribution is -2.16. The summed E-state index contributed by atoms with van der Waals surface area (Å²) >= 11 is 0. The largest absolute Gasteiger partial charge is 0.455 e. The van der Waals surface area contributed by atoms with E-state index in [1.165, 1.54) is 33.9 Å². The molecule has 1 atom stereocenters. The average molecular weight is 319 g/mol. The van der Waals surface area contributed by atoms with Crippen LogP contribution in [0.2, 0.25) is 0 Å². The molecule has 24 heavy (non-hydrogen) atoms. The van der Waals surface area contributed by atoms with Gasteiger partial charge in [0.25, 0.3) is 0 Å². The molecule has 0 aliphatic carbocycles. The Morgan fingerprint density at radius 2 is 1.62 bits per heavy atom. The number of para-hydroxylation sites is 2. The van der Waals surface area contributed by atoms with Gasteiger partial charge in [-0.3, -0.25) is 0 Å². The molecule has 1 aliphatic rings. The zero-order chi connectivity index (χ0) is 17.1. The Balaban J connectivity index is 0.000000526. The van der Waals surface area contributed by atoms with Crippen LogP contribution in [0.15, 0.2) is 64.7 Å². The number of benzene rings is 2. The molecule has 124 valence electrons. The molecule has 3 aromatic rings. The van der Waals surface area contributed by atoms with Gasteiger partial charge in [-0.25, -0.2) is 0 Å². The summed E-state index contributed by atoms with van der Waals surface area (Å²) in [5.41, 5.74) is 5.61. The maximum Gasteiger partial charge on any atom is 0.141 e. The number of hydrogen-bond acceptors (Lipinski definition) is 2. The third kappa shape index (κ3) is 2.96.